The number of hydrogen-bond acceptors (Lipinski definition) is 16. The van der Waals surface area contributed by atoms with Crippen LogP contribution < -0.4 is 11.4 Å². The van der Waals surface area contributed by atoms with Gasteiger partial charge in [0.1, 0.15) is 30.7 Å². The van der Waals surface area contributed by atoms with Crippen LogP contribution >= 0.6 is 15.6 Å². The molecule has 4 unspecified atom stereocenters. The Bertz CT molecular complexity index is 2080. The Labute approximate surface area is 431 Å². The zero-order chi connectivity index (χ0) is 53.2. The van der Waals surface area contributed by atoms with E-state index in [4.69, 9.17) is 33.7 Å². The molecule has 0 spiro atoms. The third kappa shape index (κ3) is 29.2. The molecule has 2 saturated heterocycles. The zero-order valence-electron chi connectivity index (χ0n) is 42.9. The number of allylic oxidation sites excluding steroid dienone is 11. The van der Waals surface area contributed by atoms with Gasteiger partial charge in [0.15, 0.2) is 12.3 Å². The normalized spacial score (nSPS) is 22.3. The van der Waals surface area contributed by atoms with Gasteiger partial charge in [-0.3, -0.25) is 23.2 Å². The van der Waals surface area contributed by atoms with Crippen LogP contribution in [0.1, 0.15) is 161 Å². The van der Waals surface area contributed by atoms with Crippen molar-refractivity contribution in [1.82, 2.24) is 9.55 Å². The fourth-order valence-electron chi connectivity index (χ4n) is 7.54. The molecule has 73 heavy (non-hydrogen) atoms. The van der Waals surface area contributed by atoms with Gasteiger partial charge in [-0.05, 0) is 83.1 Å². The summed E-state index contributed by atoms with van der Waals surface area (Å²) in [5.74, 6) is -1.42. The number of nitrogens with zero attached hydrogens (tertiary/aromatic N) is 2. The molecular weight excluding hydrogens is 985 g/mol. The van der Waals surface area contributed by atoms with Crippen LogP contribution in [0.25, 0.3) is 0 Å². The number of aliphatic hydroxyl groups is 2. The minimum atomic E-state index is -5.45. The second-order valence-electron chi connectivity index (χ2n) is 18.1. The van der Waals surface area contributed by atoms with Crippen LogP contribution in [0.15, 0.2) is 90.0 Å². The number of aliphatic hydroxyl groups excluding tert-OH is 2. The lowest BCUT2D eigenvalue weighted by Gasteiger charge is -2.21. The SMILES string of the molecule is CCCCC/C=C\C/C=C\C/C=C\C/C=C\C/C=C\CCC(=O)OC[C@H](COP(=O)(O)OP(=O)(O)OC[C@H]1O[C@@H](n2ccc(N)nc2=O)[C@H](O)[C@@H]1O)OC(=O)CCCCCCC/C=C\CC1OC1CCCCC. The molecular formula is C52H83N3O16P2. The molecule has 9 atom stereocenters. The Morgan fingerprint density at radius 1 is 0.685 bits per heavy atom. The van der Waals surface area contributed by atoms with E-state index in [9.17, 15) is 43.5 Å². The summed E-state index contributed by atoms with van der Waals surface area (Å²) in [5.41, 5.74) is 4.58. The van der Waals surface area contributed by atoms with Gasteiger partial charge in [0.2, 0.25) is 0 Å². The third-order valence-corrected chi connectivity index (χ3v) is 14.3. The summed E-state index contributed by atoms with van der Waals surface area (Å²) in [6.07, 6.45) is 38.8. The van der Waals surface area contributed by atoms with Crippen molar-refractivity contribution in [2.75, 3.05) is 25.6 Å². The van der Waals surface area contributed by atoms with Crippen molar-refractivity contribution < 1.29 is 71.0 Å². The fourth-order valence-corrected chi connectivity index (χ4v) is 9.65. The predicted molar refractivity (Wildman–Crippen MR) is 279 cm³/mol. The molecule has 0 radical (unpaired) electrons. The van der Waals surface area contributed by atoms with Crippen molar-refractivity contribution in [2.24, 2.45) is 0 Å². The number of epoxide rings is 1. The molecule has 2 aliphatic rings. The van der Waals surface area contributed by atoms with E-state index >= 15 is 0 Å². The van der Waals surface area contributed by atoms with Gasteiger partial charge < -0.3 is 44.7 Å². The highest BCUT2D eigenvalue weighted by atomic mass is 31.3. The maximum absolute atomic E-state index is 12.9. The van der Waals surface area contributed by atoms with Crippen molar-refractivity contribution in [2.45, 2.75) is 198 Å². The number of ether oxygens (including phenoxy) is 4. The summed E-state index contributed by atoms with van der Waals surface area (Å²) in [5, 5.41) is 20.9. The molecule has 3 rings (SSSR count). The Hall–Kier alpha value is -3.84. The summed E-state index contributed by atoms with van der Waals surface area (Å²) < 4.78 is 62.5. The molecule has 19 nitrogen and oxygen atoms in total. The maximum atomic E-state index is 12.9. The molecule has 6 N–H and O–H groups in total. The lowest BCUT2D eigenvalue weighted by molar-refractivity contribution is -0.161. The van der Waals surface area contributed by atoms with Gasteiger partial charge in [0, 0.05) is 19.0 Å². The molecule has 0 bridgehead atoms. The van der Waals surface area contributed by atoms with Crippen LogP contribution in [0.4, 0.5) is 5.82 Å². The highest BCUT2D eigenvalue weighted by Gasteiger charge is 2.46. The van der Waals surface area contributed by atoms with Gasteiger partial charge in [0.25, 0.3) is 0 Å². The summed E-state index contributed by atoms with van der Waals surface area (Å²) in [6.45, 7) is 2.00. The number of aromatic nitrogens is 2. The number of carbonyl (C=O) groups is 2. The monoisotopic (exact) mass is 1070 g/mol. The Balaban J connectivity index is 1.41. The molecule has 0 saturated carbocycles. The number of rotatable bonds is 41. The summed E-state index contributed by atoms with van der Waals surface area (Å²) in [7, 11) is -10.9. The van der Waals surface area contributed by atoms with E-state index < -0.39 is 83.7 Å². The number of hydrogen-bond donors (Lipinski definition) is 5. The maximum Gasteiger partial charge on any atom is 0.481 e. The smallest absolute Gasteiger partial charge is 0.462 e. The number of unbranched alkanes of at least 4 members (excludes halogenated alkanes) is 10. The Morgan fingerprint density at radius 3 is 1.92 bits per heavy atom. The van der Waals surface area contributed by atoms with Crippen LogP contribution in [-0.4, -0.2) is 97.9 Å². The summed E-state index contributed by atoms with van der Waals surface area (Å²) in [6, 6.07) is 1.24. The molecule has 1 aromatic heterocycles. The van der Waals surface area contributed by atoms with Gasteiger partial charge >= 0.3 is 33.3 Å². The van der Waals surface area contributed by atoms with Crippen LogP contribution in [0.2, 0.25) is 0 Å². The van der Waals surface area contributed by atoms with Crippen LogP contribution in [0, 0.1) is 0 Å². The number of esters is 2. The molecule has 0 aliphatic carbocycles. The highest BCUT2D eigenvalue weighted by Crippen LogP contribution is 2.60. The molecule has 3 heterocycles. The van der Waals surface area contributed by atoms with E-state index in [1.54, 1.807) is 0 Å². The van der Waals surface area contributed by atoms with Crippen LogP contribution in [0.5, 0.6) is 0 Å². The first-order valence-electron chi connectivity index (χ1n) is 26.1. The number of nitrogens with two attached hydrogens (primary N) is 1. The topological polar surface area (TPSA) is 278 Å². The second-order valence-corrected chi connectivity index (χ2v) is 21.1. The van der Waals surface area contributed by atoms with Crippen molar-refractivity contribution in [1.29, 1.82) is 0 Å². The molecule has 21 heteroatoms. The molecule has 1 aromatic rings. The highest BCUT2D eigenvalue weighted by molar-refractivity contribution is 7.61. The lowest BCUT2D eigenvalue weighted by atomic mass is 10.1. The quantitative estimate of drug-likeness (QED) is 0.0134. The largest absolute Gasteiger partial charge is 0.481 e. The number of carbonyl (C=O) groups excluding carboxylic acids is 2. The van der Waals surface area contributed by atoms with E-state index in [0.717, 1.165) is 81.4 Å². The molecule has 2 fully saturated rings. The fraction of sp³-hybridized carbons (Fsp3) is 0.654. The van der Waals surface area contributed by atoms with E-state index in [0.29, 0.717) is 31.5 Å². The van der Waals surface area contributed by atoms with Gasteiger partial charge in [-0.15, -0.1) is 0 Å². The Kier molecular flexibility index (Phi) is 32.2. The first-order valence-corrected chi connectivity index (χ1v) is 29.1. The minimum Gasteiger partial charge on any atom is -0.462 e. The standard InChI is InChI=1S/C52H83N3O16P2/c1-3-5-7-8-9-10-11-12-13-14-15-16-17-18-19-20-24-27-31-35-47(56)65-39-42(68-48(57)36-32-28-25-22-21-23-26-30-34-44-43(69-44)33-29-6-4-2)40-66-72(61,62)71-73(63,64)67-41-45-49(58)50(59)51(70-45)55-38-37-46(53)54-52(55)60/h9-10,12-13,15-16,18-19,24,26-27,30,37-38,42-45,49-51,58-59H,3-8,11,14,17,20-23,25,28-29,31-36,39-41H2,1-2H3,(H,61,62)(H,63,64)(H2,53,54,60)/b10-9-,13-12-,16-15-,19-18-,27-24-,30-26-/t42-,43?,44?,45-,49-,50-,51-/m1/s1. The summed E-state index contributed by atoms with van der Waals surface area (Å²) in [4.78, 5) is 61.9. The van der Waals surface area contributed by atoms with Crippen molar-refractivity contribution >= 4 is 33.4 Å². The van der Waals surface area contributed by atoms with Crippen molar-refractivity contribution in [3.05, 3.63) is 95.7 Å². The number of phosphoric acid groups is 2. The number of nitrogen functional groups attached to an aromatic ring is 1. The lowest BCUT2D eigenvalue weighted by Crippen LogP contribution is -2.36. The predicted octanol–water partition coefficient (Wildman–Crippen LogP) is 9.88. The van der Waals surface area contributed by atoms with Gasteiger partial charge in [-0.1, -0.05) is 138 Å². The van der Waals surface area contributed by atoms with Gasteiger partial charge in [-0.2, -0.15) is 9.29 Å². The van der Waals surface area contributed by atoms with Crippen molar-refractivity contribution in [3.63, 3.8) is 0 Å². The van der Waals surface area contributed by atoms with E-state index in [-0.39, 0.29) is 18.7 Å². The number of phosphoric ester groups is 2. The van der Waals surface area contributed by atoms with Crippen LogP contribution in [-0.2, 0) is 51.0 Å². The number of anilines is 1. The Morgan fingerprint density at radius 2 is 1.26 bits per heavy atom. The molecule has 0 aromatic carbocycles. The second kappa shape index (κ2) is 37.0. The average molecular weight is 1070 g/mol. The minimum absolute atomic E-state index is 0.00557. The molecule has 2 aliphatic heterocycles. The van der Waals surface area contributed by atoms with E-state index in [1.807, 2.05) is 18.2 Å². The van der Waals surface area contributed by atoms with Crippen LogP contribution in [0.3, 0.4) is 0 Å². The molecule has 412 valence electrons. The average Bonchev–Trinajstić information content (AvgIpc) is 4.04. The first-order chi connectivity index (χ1) is 35.1. The third-order valence-electron chi connectivity index (χ3n) is 11.7. The van der Waals surface area contributed by atoms with E-state index in [1.165, 1.54) is 44.6 Å². The first kappa shape index (κ1) is 63.5. The summed E-state index contributed by atoms with van der Waals surface area (Å²) >= 11 is 0. The molecule has 0 amide bonds. The van der Waals surface area contributed by atoms with Crippen molar-refractivity contribution in [3.8, 4) is 0 Å². The van der Waals surface area contributed by atoms with Gasteiger partial charge in [0.05, 0.1) is 25.4 Å². The van der Waals surface area contributed by atoms with Gasteiger partial charge in [-0.25, -0.2) is 13.9 Å². The van der Waals surface area contributed by atoms with E-state index in [2.05, 4.69) is 77.8 Å². The zero-order valence-corrected chi connectivity index (χ0v) is 44.6.